The van der Waals surface area contributed by atoms with Gasteiger partial charge in [-0.1, -0.05) is 16.8 Å². The van der Waals surface area contributed by atoms with Crippen molar-refractivity contribution in [1.82, 2.24) is 10.1 Å². The average molecular weight is 260 g/mol. The van der Waals surface area contributed by atoms with Crippen LogP contribution in [0.5, 0.6) is 5.75 Å². The molecule has 19 heavy (non-hydrogen) atoms. The summed E-state index contributed by atoms with van der Waals surface area (Å²) in [5, 5.41) is 12.3. The van der Waals surface area contributed by atoms with Crippen molar-refractivity contribution in [1.29, 1.82) is 0 Å². The maximum Gasteiger partial charge on any atom is 0.328 e. The number of carboxylic acid groups (broad SMARTS) is 1. The third-order valence-corrected chi connectivity index (χ3v) is 2.33. The first-order chi connectivity index (χ1) is 9.15. The molecule has 0 atom stereocenters. The quantitative estimate of drug-likeness (QED) is 0.828. The van der Waals surface area contributed by atoms with Crippen LogP contribution >= 0.6 is 0 Å². The Hall–Kier alpha value is -2.63. The number of aryl methyl sites for hydroxylation is 1. The van der Waals surface area contributed by atoms with Gasteiger partial charge >= 0.3 is 5.97 Å². The first kappa shape index (κ1) is 12.8. The van der Waals surface area contributed by atoms with Gasteiger partial charge in [0.15, 0.2) is 6.61 Å². The summed E-state index contributed by atoms with van der Waals surface area (Å²) in [5.41, 5.74) is 1.70. The number of hydrogen-bond acceptors (Lipinski definition) is 5. The summed E-state index contributed by atoms with van der Waals surface area (Å²) in [6.45, 7) is 2.08. The minimum Gasteiger partial charge on any atom is -0.485 e. The van der Waals surface area contributed by atoms with E-state index in [0.717, 1.165) is 11.6 Å². The zero-order valence-corrected chi connectivity index (χ0v) is 10.2. The molecule has 1 aromatic heterocycles. The summed E-state index contributed by atoms with van der Waals surface area (Å²) in [6.07, 6.45) is 3.77. The Morgan fingerprint density at radius 3 is 3.05 bits per heavy atom. The van der Waals surface area contributed by atoms with Crippen LogP contribution in [0.2, 0.25) is 0 Å². The molecular formula is C13H12N2O4. The van der Waals surface area contributed by atoms with Gasteiger partial charge in [0.2, 0.25) is 12.2 Å². The number of aliphatic carboxylic acids is 1. The molecule has 2 rings (SSSR count). The monoisotopic (exact) mass is 260 g/mol. The van der Waals surface area contributed by atoms with Gasteiger partial charge in [-0.25, -0.2) is 4.79 Å². The van der Waals surface area contributed by atoms with E-state index in [-0.39, 0.29) is 6.61 Å². The van der Waals surface area contributed by atoms with Crippen molar-refractivity contribution >= 4 is 12.0 Å². The highest BCUT2D eigenvalue weighted by Gasteiger charge is 2.05. The summed E-state index contributed by atoms with van der Waals surface area (Å²) in [7, 11) is 0. The molecule has 6 heteroatoms. The lowest BCUT2D eigenvalue weighted by molar-refractivity contribution is -0.131. The Morgan fingerprint density at radius 2 is 2.37 bits per heavy atom. The molecule has 1 N–H and O–H groups in total. The van der Waals surface area contributed by atoms with Gasteiger partial charge in [-0.3, -0.25) is 0 Å². The summed E-state index contributed by atoms with van der Waals surface area (Å²) in [4.78, 5) is 14.4. The number of benzene rings is 1. The van der Waals surface area contributed by atoms with E-state index in [4.69, 9.17) is 9.84 Å². The molecule has 0 unspecified atom stereocenters. The van der Waals surface area contributed by atoms with E-state index in [1.807, 2.05) is 19.1 Å². The standard InChI is InChI=1S/C13H12N2O4/c1-9-2-4-11(10(6-9)3-5-13(16)17)18-7-12-14-8-19-15-12/h2-6,8H,7H2,1H3,(H,16,17). The molecule has 1 aromatic carbocycles. The summed E-state index contributed by atoms with van der Waals surface area (Å²) < 4.78 is 10.1. The second-order valence-electron chi connectivity index (χ2n) is 3.85. The third kappa shape index (κ3) is 3.67. The van der Waals surface area contributed by atoms with Crippen LogP contribution in [0.4, 0.5) is 0 Å². The van der Waals surface area contributed by atoms with Crippen LogP contribution < -0.4 is 4.74 Å². The Kier molecular flexibility index (Phi) is 3.92. The number of ether oxygens (including phenoxy) is 1. The Balaban J connectivity index is 2.16. The van der Waals surface area contributed by atoms with E-state index >= 15 is 0 Å². The van der Waals surface area contributed by atoms with Gasteiger partial charge in [-0.15, -0.1) is 0 Å². The number of aromatic nitrogens is 2. The van der Waals surface area contributed by atoms with E-state index in [1.54, 1.807) is 6.07 Å². The van der Waals surface area contributed by atoms with Crippen molar-refractivity contribution in [3.63, 3.8) is 0 Å². The number of nitrogens with zero attached hydrogens (tertiary/aromatic N) is 2. The van der Waals surface area contributed by atoms with Crippen LogP contribution in [0.15, 0.2) is 35.2 Å². The molecule has 0 amide bonds. The van der Waals surface area contributed by atoms with Crippen LogP contribution in [0, 0.1) is 6.92 Å². The lowest BCUT2D eigenvalue weighted by atomic mass is 10.1. The second-order valence-corrected chi connectivity index (χ2v) is 3.85. The van der Waals surface area contributed by atoms with Gasteiger partial charge < -0.3 is 14.4 Å². The van der Waals surface area contributed by atoms with Crippen LogP contribution in [0.1, 0.15) is 17.0 Å². The number of rotatable bonds is 5. The first-order valence-electron chi connectivity index (χ1n) is 5.55. The van der Waals surface area contributed by atoms with Crippen molar-refractivity contribution in [2.45, 2.75) is 13.5 Å². The van der Waals surface area contributed by atoms with Crippen LogP contribution in [0.3, 0.4) is 0 Å². The highest BCUT2D eigenvalue weighted by molar-refractivity contribution is 5.85. The number of hydrogen-bond donors (Lipinski definition) is 1. The van der Waals surface area contributed by atoms with E-state index in [9.17, 15) is 4.79 Å². The van der Waals surface area contributed by atoms with Crippen molar-refractivity contribution < 1.29 is 19.2 Å². The lowest BCUT2D eigenvalue weighted by Crippen LogP contribution is -1.99. The maximum atomic E-state index is 10.6. The van der Waals surface area contributed by atoms with Crippen LogP contribution in [0.25, 0.3) is 6.08 Å². The topological polar surface area (TPSA) is 85.5 Å². The maximum absolute atomic E-state index is 10.6. The van der Waals surface area contributed by atoms with Crippen molar-refractivity contribution in [3.05, 3.63) is 47.6 Å². The fourth-order valence-electron chi connectivity index (χ4n) is 1.49. The normalized spacial score (nSPS) is 10.8. The molecule has 0 spiro atoms. The smallest absolute Gasteiger partial charge is 0.328 e. The zero-order valence-electron chi connectivity index (χ0n) is 10.2. The Morgan fingerprint density at radius 1 is 1.53 bits per heavy atom. The molecule has 0 radical (unpaired) electrons. The third-order valence-electron chi connectivity index (χ3n) is 2.33. The van der Waals surface area contributed by atoms with Gasteiger partial charge in [-0.05, 0) is 25.1 Å². The zero-order chi connectivity index (χ0) is 13.7. The molecular weight excluding hydrogens is 248 g/mol. The van der Waals surface area contributed by atoms with E-state index in [1.165, 1.54) is 12.5 Å². The van der Waals surface area contributed by atoms with Crippen LogP contribution in [-0.2, 0) is 11.4 Å². The van der Waals surface area contributed by atoms with Gasteiger partial charge in [0.05, 0.1) is 0 Å². The molecule has 0 fully saturated rings. The second kappa shape index (κ2) is 5.81. The summed E-state index contributed by atoms with van der Waals surface area (Å²) in [5.74, 6) is -0.0211. The Labute approximate surface area is 109 Å². The molecule has 2 aromatic rings. The molecule has 0 aliphatic carbocycles. The molecule has 0 saturated carbocycles. The fraction of sp³-hybridized carbons (Fsp3) is 0.154. The van der Waals surface area contributed by atoms with Gasteiger partial charge in [0.1, 0.15) is 5.75 Å². The molecule has 1 heterocycles. The molecule has 0 aliphatic rings. The Bertz CT molecular complexity index is 591. The predicted molar refractivity (Wildman–Crippen MR) is 66.5 cm³/mol. The number of carbonyl (C=O) groups is 1. The van der Waals surface area contributed by atoms with Crippen LogP contribution in [-0.4, -0.2) is 21.2 Å². The first-order valence-corrected chi connectivity index (χ1v) is 5.55. The van der Waals surface area contributed by atoms with Crippen molar-refractivity contribution in [2.24, 2.45) is 0 Å². The molecule has 6 nitrogen and oxygen atoms in total. The molecule has 98 valence electrons. The average Bonchev–Trinajstić information content (AvgIpc) is 2.88. The summed E-state index contributed by atoms with van der Waals surface area (Å²) in [6, 6.07) is 5.49. The van der Waals surface area contributed by atoms with Gasteiger partial charge in [-0.2, -0.15) is 4.98 Å². The highest BCUT2D eigenvalue weighted by Crippen LogP contribution is 2.22. The van der Waals surface area contributed by atoms with Gasteiger partial charge in [0.25, 0.3) is 0 Å². The van der Waals surface area contributed by atoms with Crippen molar-refractivity contribution in [2.75, 3.05) is 0 Å². The molecule has 0 bridgehead atoms. The predicted octanol–water partition coefficient (Wildman–Crippen LogP) is 2.05. The SMILES string of the molecule is Cc1ccc(OCc2ncon2)c(C=CC(=O)O)c1. The van der Waals surface area contributed by atoms with E-state index in [0.29, 0.717) is 17.1 Å². The van der Waals surface area contributed by atoms with Crippen molar-refractivity contribution in [3.8, 4) is 5.75 Å². The molecule has 0 saturated heterocycles. The lowest BCUT2D eigenvalue weighted by Gasteiger charge is -2.08. The minimum atomic E-state index is -1.01. The van der Waals surface area contributed by atoms with E-state index in [2.05, 4.69) is 14.7 Å². The van der Waals surface area contributed by atoms with E-state index < -0.39 is 5.97 Å². The summed E-state index contributed by atoms with van der Waals surface area (Å²) >= 11 is 0. The highest BCUT2D eigenvalue weighted by atomic mass is 16.5. The van der Waals surface area contributed by atoms with Gasteiger partial charge in [0, 0.05) is 11.6 Å². The minimum absolute atomic E-state index is 0.160. The molecule has 0 aliphatic heterocycles. The number of carboxylic acids is 1. The largest absolute Gasteiger partial charge is 0.485 e. The fourth-order valence-corrected chi connectivity index (χ4v) is 1.49.